The van der Waals surface area contributed by atoms with Crippen LogP contribution in [0.1, 0.15) is 80.5 Å². The molecule has 0 fully saturated rings. The van der Waals surface area contributed by atoms with E-state index in [0.29, 0.717) is 46.2 Å². The number of nitrogens with one attached hydrogen (secondary N) is 1. The van der Waals surface area contributed by atoms with Crippen LogP contribution >= 0.6 is 22.7 Å². The maximum Gasteiger partial charge on any atom is 0.251 e. The minimum absolute atomic E-state index is 0.0432. The Hall–Kier alpha value is -3.96. The molecule has 2 aromatic heterocycles. The molecular weight excluding hydrogens is 621 g/mol. The first kappa shape index (κ1) is 34.9. The number of rotatable bonds is 15. The van der Waals surface area contributed by atoms with Gasteiger partial charge >= 0.3 is 0 Å². The van der Waals surface area contributed by atoms with Crippen LogP contribution in [0.4, 0.5) is 0 Å². The highest BCUT2D eigenvalue weighted by atomic mass is 32.1. The number of nitrogens with zero attached hydrogens (tertiary/aromatic N) is 1. The van der Waals surface area contributed by atoms with Crippen molar-refractivity contribution in [3.63, 3.8) is 0 Å². The van der Waals surface area contributed by atoms with Gasteiger partial charge in [-0.25, -0.2) is 0 Å². The Bertz CT molecular complexity index is 1680. The molecule has 0 unspecified atom stereocenters. The number of amides is 1. The minimum atomic E-state index is -0.218. The molecule has 0 saturated heterocycles. The van der Waals surface area contributed by atoms with Crippen LogP contribution in [0.15, 0.2) is 71.0 Å². The fourth-order valence-corrected chi connectivity index (χ4v) is 6.55. The van der Waals surface area contributed by atoms with Gasteiger partial charge in [0.05, 0.1) is 34.5 Å². The monoisotopic (exact) mass is 660 g/mol. The average Bonchev–Trinajstić information content (AvgIpc) is 3.69. The second kappa shape index (κ2) is 16.0. The Kier molecular flexibility index (Phi) is 12.2. The number of carbonyl (C=O) groups is 3. The summed E-state index contributed by atoms with van der Waals surface area (Å²) in [4.78, 5) is 44.2. The van der Waals surface area contributed by atoms with E-state index in [2.05, 4.69) is 43.2 Å². The van der Waals surface area contributed by atoms with Crippen LogP contribution in [-0.2, 0) is 16.6 Å². The van der Waals surface area contributed by atoms with Crippen LogP contribution in [0.2, 0.25) is 0 Å². The molecule has 0 spiro atoms. The predicted molar refractivity (Wildman–Crippen MR) is 185 cm³/mol. The van der Waals surface area contributed by atoms with Gasteiger partial charge in [0.15, 0.2) is 11.6 Å². The average molecular weight is 661 g/mol. The molecule has 0 aliphatic heterocycles. The van der Waals surface area contributed by atoms with Gasteiger partial charge in [0.25, 0.3) is 5.91 Å². The third kappa shape index (κ3) is 9.29. The Morgan fingerprint density at radius 2 is 1.59 bits per heavy atom. The summed E-state index contributed by atoms with van der Waals surface area (Å²) in [6, 6.07) is 18.6. The standard InChI is InChI=1S/C36H40N2O6S2/c1-23(28-22-45-34(33(28)42)25-10-12-27(13-11-25)36(2,3)4)38-21-30(41)32-16-15-31(46-32)29(40)14-7-24-5-8-26(9-6-24)35(43)37-17-19-44-20-18-39/h5-6,8-13,15-16,22,39,42H,7,14,17-21H2,1-4H3,(H,37,43). The van der Waals surface area contributed by atoms with E-state index in [9.17, 15) is 19.5 Å². The molecule has 4 rings (SSSR count). The lowest BCUT2D eigenvalue weighted by Gasteiger charge is -2.19. The lowest BCUT2D eigenvalue weighted by molar-refractivity contribution is 0.0837. The fourth-order valence-electron chi connectivity index (χ4n) is 4.64. The topological polar surface area (TPSA) is 125 Å². The first-order valence-electron chi connectivity index (χ1n) is 15.1. The van der Waals surface area contributed by atoms with Crippen molar-refractivity contribution in [1.82, 2.24) is 5.32 Å². The lowest BCUT2D eigenvalue weighted by atomic mass is 9.86. The molecule has 3 N–H and O–H groups in total. The largest absolute Gasteiger partial charge is 0.506 e. The Morgan fingerprint density at radius 1 is 0.913 bits per heavy atom. The van der Waals surface area contributed by atoms with Gasteiger partial charge in [-0.05, 0) is 59.7 Å². The molecule has 0 atom stereocenters. The zero-order valence-electron chi connectivity index (χ0n) is 26.6. The van der Waals surface area contributed by atoms with Gasteiger partial charge in [0.1, 0.15) is 12.3 Å². The summed E-state index contributed by atoms with van der Waals surface area (Å²) < 4.78 is 5.13. The van der Waals surface area contributed by atoms with Crippen LogP contribution in [0, 0.1) is 0 Å². The van der Waals surface area contributed by atoms with Crippen molar-refractivity contribution in [2.75, 3.05) is 32.9 Å². The molecule has 0 aliphatic carbocycles. The minimum Gasteiger partial charge on any atom is -0.506 e. The summed E-state index contributed by atoms with van der Waals surface area (Å²) in [5.74, 6) is -0.307. The number of aryl methyl sites for hydroxylation is 1. The van der Waals surface area contributed by atoms with Gasteiger partial charge in [0.2, 0.25) is 0 Å². The van der Waals surface area contributed by atoms with E-state index in [1.54, 1.807) is 31.2 Å². The van der Waals surface area contributed by atoms with E-state index in [1.807, 2.05) is 29.6 Å². The van der Waals surface area contributed by atoms with Crippen molar-refractivity contribution >= 4 is 45.9 Å². The third-order valence-corrected chi connectivity index (χ3v) is 9.59. The predicted octanol–water partition coefficient (Wildman–Crippen LogP) is 6.73. The quantitative estimate of drug-likeness (QED) is 0.0738. The SMILES string of the molecule is CC(=NCC(=O)c1ccc(C(=O)CCc2ccc(C(=O)NCCOCCO)cc2)s1)c1csc(-c2ccc(C(C)(C)C)cc2)c1O. The number of benzene rings is 2. The van der Waals surface area contributed by atoms with E-state index in [4.69, 9.17) is 9.84 Å². The van der Waals surface area contributed by atoms with E-state index < -0.39 is 0 Å². The maximum atomic E-state index is 12.9. The third-order valence-electron chi connectivity index (χ3n) is 7.41. The summed E-state index contributed by atoms with van der Waals surface area (Å²) in [7, 11) is 0. The molecule has 0 radical (unpaired) electrons. The van der Waals surface area contributed by atoms with Gasteiger partial charge in [-0.3, -0.25) is 19.4 Å². The molecular formula is C36H40N2O6S2. The molecule has 10 heteroatoms. The first-order valence-corrected chi connectivity index (χ1v) is 16.8. The molecule has 0 bridgehead atoms. The Balaban J connectivity index is 1.28. The number of Topliss-reactive ketones (excluding diaryl/α,β-unsaturated/α-hetero) is 2. The second-order valence-electron chi connectivity index (χ2n) is 11.9. The number of thiophene rings is 2. The highest BCUT2D eigenvalue weighted by Crippen LogP contribution is 2.39. The number of hydrogen-bond acceptors (Lipinski definition) is 9. The van der Waals surface area contributed by atoms with Crippen LogP contribution in [0.25, 0.3) is 10.4 Å². The Labute approximate surface area is 277 Å². The molecule has 0 saturated carbocycles. The molecule has 2 aromatic carbocycles. The number of aromatic hydroxyl groups is 1. The fraction of sp³-hybridized carbons (Fsp3) is 0.333. The highest BCUT2D eigenvalue weighted by Gasteiger charge is 2.18. The van der Waals surface area contributed by atoms with Gasteiger partial charge in [-0.15, -0.1) is 22.7 Å². The van der Waals surface area contributed by atoms with E-state index in [-0.39, 0.29) is 54.8 Å². The lowest BCUT2D eigenvalue weighted by Crippen LogP contribution is -2.27. The molecule has 0 aliphatic rings. The zero-order chi connectivity index (χ0) is 33.3. The number of aliphatic hydroxyl groups is 1. The van der Waals surface area contributed by atoms with Crippen molar-refractivity contribution in [3.8, 4) is 16.2 Å². The van der Waals surface area contributed by atoms with E-state index in [1.165, 1.54) is 28.2 Å². The number of aliphatic hydroxyl groups excluding tert-OH is 1. The van der Waals surface area contributed by atoms with Crippen LogP contribution in [-0.4, -0.2) is 66.3 Å². The number of ether oxygens (including phenoxy) is 1. The zero-order valence-corrected chi connectivity index (χ0v) is 28.2. The van der Waals surface area contributed by atoms with Gasteiger partial charge < -0.3 is 20.3 Å². The van der Waals surface area contributed by atoms with Gasteiger partial charge in [-0.1, -0.05) is 57.2 Å². The smallest absolute Gasteiger partial charge is 0.251 e. The first-order chi connectivity index (χ1) is 22.0. The van der Waals surface area contributed by atoms with E-state index >= 15 is 0 Å². The summed E-state index contributed by atoms with van der Waals surface area (Å²) >= 11 is 2.60. The van der Waals surface area contributed by atoms with E-state index in [0.717, 1.165) is 16.0 Å². The molecule has 4 aromatic rings. The summed E-state index contributed by atoms with van der Waals surface area (Å²) in [5.41, 5.74) is 4.80. The van der Waals surface area contributed by atoms with Crippen molar-refractivity contribution in [2.24, 2.45) is 4.99 Å². The summed E-state index contributed by atoms with van der Waals surface area (Å²) in [6.45, 7) is 9.02. The van der Waals surface area contributed by atoms with Gasteiger partial charge in [0, 0.05) is 35.2 Å². The summed E-state index contributed by atoms with van der Waals surface area (Å²) in [5, 5.41) is 24.3. The summed E-state index contributed by atoms with van der Waals surface area (Å²) in [6.07, 6.45) is 0.783. The normalized spacial score (nSPS) is 11.9. The highest BCUT2D eigenvalue weighted by molar-refractivity contribution is 7.16. The van der Waals surface area contributed by atoms with Crippen molar-refractivity contribution in [3.05, 3.63) is 98.1 Å². The van der Waals surface area contributed by atoms with Crippen LogP contribution in [0.3, 0.4) is 0 Å². The second-order valence-corrected chi connectivity index (χ2v) is 13.8. The van der Waals surface area contributed by atoms with Crippen molar-refractivity contribution in [2.45, 2.75) is 46.0 Å². The van der Waals surface area contributed by atoms with Crippen LogP contribution < -0.4 is 5.32 Å². The van der Waals surface area contributed by atoms with Crippen molar-refractivity contribution in [1.29, 1.82) is 0 Å². The number of hydrogen-bond donors (Lipinski definition) is 3. The number of ketones is 2. The molecule has 8 nitrogen and oxygen atoms in total. The Morgan fingerprint density at radius 3 is 2.24 bits per heavy atom. The molecule has 2 heterocycles. The number of aliphatic imine (C=N–C) groups is 1. The van der Waals surface area contributed by atoms with Crippen LogP contribution in [0.5, 0.6) is 5.75 Å². The molecule has 1 amide bonds. The van der Waals surface area contributed by atoms with Gasteiger partial charge in [-0.2, -0.15) is 0 Å². The molecule has 46 heavy (non-hydrogen) atoms. The maximum absolute atomic E-state index is 12.9. The van der Waals surface area contributed by atoms with Crippen molar-refractivity contribution < 1.29 is 29.3 Å². The molecule has 242 valence electrons. The number of carbonyl (C=O) groups excluding carboxylic acids is 3.